The average Bonchev–Trinajstić information content (AvgIpc) is 2.94. The molecule has 2 heterocycles. The Morgan fingerprint density at radius 1 is 1.09 bits per heavy atom. The van der Waals surface area contributed by atoms with Crippen molar-refractivity contribution >= 4 is 29.9 Å². The fourth-order valence-electron chi connectivity index (χ4n) is 3.36. The normalized spacial score (nSPS) is 23.9. The predicted octanol–water partition coefficient (Wildman–Crippen LogP) is 3.18. The molecule has 2 rings (SSSR count). The highest BCUT2D eigenvalue weighted by molar-refractivity contribution is 14.0. The maximum atomic E-state index is 4.47. The van der Waals surface area contributed by atoms with Crippen molar-refractivity contribution in [3.63, 3.8) is 0 Å². The number of guanidine groups is 1. The molecule has 0 aliphatic carbocycles. The minimum absolute atomic E-state index is 0. The highest BCUT2D eigenvalue weighted by Crippen LogP contribution is 2.46. The van der Waals surface area contributed by atoms with Crippen LogP contribution in [0.25, 0.3) is 0 Å². The van der Waals surface area contributed by atoms with E-state index in [1.54, 1.807) is 0 Å². The summed E-state index contributed by atoms with van der Waals surface area (Å²) < 4.78 is 0. The van der Waals surface area contributed by atoms with Crippen LogP contribution in [0.2, 0.25) is 0 Å². The summed E-state index contributed by atoms with van der Waals surface area (Å²) in [7, 11) is 1.90. The first kappa shape index (κ1) is 20.0. The van der Waals surface area contributed by atoms with E-state index in [-0.39, 0.29) is 29.5 Å². The Balaban J connectivity index is 0.00000242. The van der Waals surface area contributed by atoms with Crippen molar-refractivity contribution < 1.29 is 0 Å². The summed E-state index contributed by atoms with van der Waals surface area (Å²) in [5.41, 5.74) is 0.546. The molecule has 0 aromatic carbocycles. The third kappa shape index (κ3) is 4.28. The molecule has 22 heavy (non-hydrogen) atoms. The second-order valence-corrected chi connectivity index (χ2v) is 7.76. The van der Waals surface area contributed by atoms with Crippen molar-refractivity contribution in [1.82, 2.24) is 15.1 Å². The molecule has 2 fully saturated rings. The molecule has 2 saturated heterocycles. The molecular weight excluding hydrogens is 387 g/mol. The zero-order valence-corrected chi connectivity index (χ0v) is 17.4. The van der Waals surface area contributed by atoms with Gasteiger partial charge in [-0.15, -0.1) is 24.0 Å². The molecule has 2 aliphatic rings. The molecule has 4 nitrogen and oxygen atoms in total. The molecule has 0 unspecified atom stereocenters. The van der Waals surface area contributed by atoms with Gasteiger partial charge in [0.25, 0.3) is 0 Å². The van der Waals surface area contributed by atoms with Gasteiger partial charge in [0.15, 0.2) is 5.96 Å². The number of aliphatic imine (C=N–C) groups is 1. The van der Waals surface area contributed by atoms with Gasteiger partial charge in [0, 0.05) is 31.1 Å². The van der Waals surface area contributed by atoms with Crippen LogP contribution < -0.4 is 5.32 Å². The molecular formula is C17H35IN4. The monoisotopic (exact) mass is 422 g/mol. The lowest BCUT2D eigenvalue weighted by Gasteiger charge is -2.62. The fourth-order valence-corrected chi connectivity index (χ4v) is 3.36. The summed E-state index contributed by atoms with van der Waals surface area (Å²) in [6, 6.07) is 0. The van der Waals surface area contributed by atoms with E-state index in [1.807, 2.05) is 7.05 Å². The fraction of sp³-hybridized carbons (Fsp3) is 0.941. The van der Waals surface area contributed by atoms with Crippen LogP contribution in [-0.2, 0) is 0 Å². The van der Waals surface area contributed by atoms with Gasteiger partial charge >= 0.3 is 0 Å². The first-order valence-corrected chi connectivity index (χ1v) is 8.59. The third-order valence-corrected chi connectivity index (χ3v) is 5.73. The molecule has 0 saturated carbocycles. The van der Waals surface area contributed by atoms with Crippen molar-refractivity contribution in [2.45, 2.75) is 58.9 Å². The molecule has 0 amide bonds. The number of likely N-dealkylation sites (tertiary alicyclic amines) is 2. The topological polar surface area (TPSA) is 30.9 Å². The van der Waals surface area contributed by atoms with E-state index < -0.39 is 0 Å². The van der Waals surface area contributed by atoms with Crippen molar-refractivity contribution in [3.8, 4) is 0 Å². The number of nitrogens with one attached hydrogen (secondary N) is 1. The van der Waals surface area contributed by atoms with Gasteiger partial charge in [0.1, 0.15) is 0 Å². The van der Waals surface area contributed by atoms with Gasteiger partial charge in [-0.25, -0.2) is 0 Å². The molecule has 0 spiro atoms. The summed E-state index contributed by atoms with van der Waals surface area (Å²) >= 11 is 0. The van der Waals surface area contributed by atoms with Gasteiger partial charge in [-0.3, -0.25) is 4.99 Å². The average molecular weight is 422 g/mol. The van der Waals surface area contributed by atoms with Gasteiger partial charge in [0.05, 0.1) is 0 Å². The molecule has 0 bridgehead atoms. The Labute approximate surface area is 154 Å². The zero-order valence-electron chi connectivity index (χ0n) is 15.1. The molecule has 1 N–H and O–H groups in total. The maximum absolute atomic E-state index is 4.47. The lowest BCUT2D eigenvalue weighted by molar-refractivity contribution is -0.0667. The Morgan fingerprint density at radius 2 is 1.73 bits per heavy atom. The van der Waals surface area contributed by atoms with E-state index in [0.717, 1.165) is 19.0 Å². The zero-order chi connectivity index (χ0) is 15.5. The Kier molecular flexibility index (Phi) is 7.43. The standard InChI is InChI=1S/C17H34N4.HI/c1-16(2)14-21(17(16,3)4)15(18-5)19-10-6-7-11-20-12-8-9-13-20;/h6-14H2,1-5H3,(H,18,19);1H. The van der Waals surface area contributed by atoms with E-state index in [4.69, 9.17) is 0 Å². The van der Waals surface area contributed by atoms with Crippen LogP contribution in [0.4, 0.5) is 0 Å². The van der Waals surface area contributed by atoms with Gasteiger partial charge in [0.2, 0.25) is 0 Å². The number of hydrogen-bond acceptors (Lipinski definition) is 2. The van der Waals surface area contributed by atoms with Crippen molar-refractivity contribution in [3.05, 3.63) is 0 Å². The van der Waals surface area contributed by atoms with Crippen molar-refractivity contribution in [2.75, 3.05) is 39.8 Å². The van der Waals surface area contributed by atoms with E-state index >= 15 is 0 Å². The number of unbranched alkanes of at least 4 members (excludes halogenated alkanes) is 1. The molecule has 0 radical (unpaired) electrons. The molecule has 5 heteroatoms. The van der Waals surface area contributed by atoms with Crippen LogP contribution >= 0.6 is 24.0 Å². The van der Waals surface area contributed by atoms with Crippen molar-refractivity contribution in [2.24, 2.45) is 10.4 Å². The van der Waals surface area contributed by atoms with Gasteiger partial charge in [-0.05, 0) is 59.2 Å². The first-order valence-electron chi connectivity index (χ1n) is 8.59. The van der Waals surface area contributed by atoms with Gasteiger partial charge < -0.3 is 15.1 Å². The van der Waals surface area contributed by atoms with Crippen LogP contribution in [0.5, 0.6) is 0 Å². The largest absolute Gasteiger partial charge is 0.356 e. The lowest BCUT2D eigenvalue weighted by atomic mass is 9.65. The maximum Gasteiger partial charge on any atom is 0.194 e. The molecule has 2 aliphatic heterocycles. The summed E-state index contributed by atoms with van der Waals surface area (Å²) in [5, 5.41) is 3.55. The third-order valence-electron chi connectivity index (χ3n) is 5.73. The van der Waals surface area contributed by atoms with Crippen LogP contribution in [0, 0.1) is 5.41 Å². The molecule has 130 valence electrons. The predicted molar refractivity (Wildman–Crippen MR) is 106 cm³/mol. The SMILES string of the molecule is CN=C(NCCCCN1CCCC1)N1CC(C)(C)C1(C)C.I. The number of nitrogens with zero attached hydrogens (tertiary/aromatic N) is 3. The highest BCUT2D eigenvalue weighted by atomic mass is 127. The smallest absolute Gasteiger partial charge is 0.194 e. The van der Waals surface area contributed by atoms with Crippen LogP contribution in [0.15, 0.2) is 4.99 Å². The summed E-state index contributed by atoms with van der Waals surface area (Å²) in [6.45, 7) is 15.3. The molecule has 0 aromatic heterocycles. The van der Waals surface area contributed by atoms with E-state index in [9.17, 15) is 0 Å². The summed E-state index contributed by atoms with van der Waals surface area (Å²) in [6.07, 6.45) is 5.31. The van der Waals surface area contributed by atoms with Crippen LogP contribution in [0.1, 0.15) is 53.4 Å². The quantitative estimate of drug-likeness (QED) is 0.320. The number of hydrogen-bond donors (Lipinski definition) is 1. The molecule has 0 aromatic rings. The summed E-state index contributed by atoms with van der Waals surface area (Å²) in [5.74, 6) is 1.07. The van der Waals surface area contributed by atoms with Gasteiger partial charge in [-0.1, -0.05) is 13.8 Å². The van der Waals surface area contributed by atoms with E-state index in [1.165, 1.54) is 45.3 Å². The minimum Gasteiger partial charge on any atom is -0.356 e. The van der Waals surface area contributed by atoms with E-state index in [0.29, 0.717) is 5.41 Å². The lowest BCUT2D eigenvalue weighted by Crippen LogP contribution is -2.72. The molecule has 0 atom stereocenters. The summed E-state index contributed by atoms with van der Waals surface area (Å²) in [4.78, 5) is 9.47. The van der Waals surface area contributed by atoms with Gasteiger partial charge in [-0.2, -0.15) is 0 Å². The minimum atomic E-state index is 0. The first-order chi connectivity index (χ1) is 9.88. The number of halogens is 1. The van der Waals surface area contributed by atoms with Crippen molar-refractivity contribution in [1.29, 1.82) is 0 Å². The highest BCUT2D eigenvalue weighted by Gasteiger charge is 2.53. The number of rotatable bonds is 5. The second-order valence-electron chi connectivity index (χ2n) is 7.76. The van der Waals surface area contributed by atoms with Crippen LogP contribution in [0.3, 0.4) is 0 Å². The Bertz CT molecular complexity index is 373. The Hall–Kier alpha value is -0.0400. The second kappa shape index (κ2) is 8.18. The van der Waals surface area contributed by atoms with E-state index in [2.05, 4.69) is 47.8 Å². The van der Waals surface area contributed by atoms with Crippen LogP contribution in [-0.4, -0.2) is 61.1 Å². The Morgan fingerprint density at radius 3 is 2.23 bits per heavy atom.